The number of alkyl halides is 2. The number of ether oxygens (including phenoxy) is 2. The van der Waals surface area contributed by atoms with Crippen molar-refractivity contribution < 1.29 is 19.1 Å². The zero-order valence-electron chi connectivity index (χ0n) is 33.6. The number of rotatable bonds is 21. The number of aryl methyl sites for hydroxylation is 2. The molecule has 0 N–H and O–H groups in total. The molecule has 0 saturated carbocycles. The maximum Gasteiger partial charge on any atom is 0.315 e. The van der Waals surface area contributed by atoms with Gasteiger partial charge >= 0.3 is 11.9 Å². The molecule has 2 aromatic carbocycles. The average molecular weight is 792 g/mol. The fourth-order valence-corrected chi connectivity index (χ4v) is 5.92. The highest BCUT2D eigenvalue weighted by Gasteiger charge is 2.23. The number of nitrogens with zero attached hydrogens (tertiary/aromatic N) is 4. The fourth-order valence-electron chi connectivity index (χ4n) is 5.72. The minimum Gasteiger partial charge on any atom is -0.426 e. The second kappa shape index (κ2) is 25.3. The topological polar surface area (TPSA) is 104 Å². The summed E-state index contributed by atoms with van der Waals surface area (Å²) in [7, 11) is 0. The maximum absolute atomic E-state index is 12.1. The first-order valence-electron chi connectivity index (χ1n) is 20.1. The maximum atomic E-state index is 12.1. The van der Waals surface area contributed by atoms with E-state index in [1.807, 2.05) is 62.9 Å². The van der Waals surface area contributed by atoms with E-state index in [0.29, 0.717) is 23.1 Å². The molecule has 0 amide bonds. The van der Waals surface area contributed by atoms with E-state index in [1.54, 1.807) is 38.1 Å². The highest BCUT2D eigenvalue weighted by molar-refractivity contribution is 6.22. The average Bonchev–Trinajstić information content (AvgIpc) is 3.22. The largest absolute Gasteiger partial charge is 0.426 e. The predicted octanol–water partition coefficient (Wildman–Crippen LogP) is 12.0. The van der Waals surface area contributed by atoms with Crippen LogP contribution >= 0.6 is 23.2 Å². The van der Waals surface area contributed by atoms with E-state index in [0.717, 1.165) is 36.8 Å². The summed E-state index contributed by atoms with van der Waals surface area (Å²) in [6.07, 6.45) is 22.4. The van der Waals surface area contributed by atoms with Gasteiger partial charge in [0.2, 0.25) is 0 Å². The van der Waals surface area contributed by atoms with Crippen LogP contribution < -0.4 is 9.47 Å². The van der Waals surface area contributed by atoms with Crippen LogP contribution in [0, 0.1) is 11.8 Å². The van der Waals surface area contributed by atoms with Crippen LogP contribution in [0.3, 0.4) is 0 Å². The molecule has 0 aliphatic rings. The van der Waals surface area contributed by atoms with Gasteiger partial charge in [0.15, 0.2) is 11.6 Å². The van der Waals surface area contributed by atoms with E-state index in [2.05, 4.69) is 33.8 Å². The lowest BCUT2D eigenvalue weighted by atomic mass is 10.1. The van der Waals surface area contributed by atoms with Gasteiger partial charge in [-0.2, -0.15) is 0 Å². The van der Waals surface area contributed by atoms with Crippen molar-refractivity contribution >= 4 is 35.1 Å². The summed E-state index contributed by atoms with van der Waals surface area (Å²) >= 11 is 12.3. The molecule has 4 atom stereocenters. The first-order chi connectivity index (χ1) is 26.6. The van der Waals surface area contributed by atoms with Crippen LogP contribution in [0.25, 0.3) is 22.8 Å². The van der Waals surface area contributed by atoms with Crippen molar-refractivity contribution in [3.8, 4) is 34.3 Å². The van der Waals surface area contributed by atoms with Crippen LogP contribution in [0.4, 0.5) is 0 Å². The molecule has 0 aliphatic heterocycles. The molecule has 0 spiro atoms. The smallest absolute Gasteiger partial charge is 0.315 e. The molecule has 0 saturated heterocycles. The van der Waals surface area contributed by atoms with Gasteiger partial charge in [-0.1, -0.05) is 86.5 Å². The van der Waals surface area contributed by atoms with Crippen LogP contribution in [0.5, 0.6) is 11.5 Å². The van der Waals surface area contributed by atoms with E-state index in [1.165, 1.54) is 68.9 Å². The van der Waals surface area contributed by atoms with Gasteiger partial charge in [0, 0.05) is 46.7 Å². The van der Waals surface area contributed by atoms with Gasteiger partial charge in [-0.25, -0.2) is 19.9 Å². The van der Waals surface area contributed by atoms with Gasteiger partial charge in [-0.15, -0.1) is 23.2 Å². The third kappa shape index (κ3) is 16.0. The summed E-state index contributed by atoms with van der Waals surface area (Å²) in [5.41, 5.74) is 4.13. The minimum absolute atomic E-state index is 0.217. The second-order valence-corrected chi connectivity index (χ2v) is 15.2. The fraction of sp³-hybridized carbons (Fsp3) is 0.511. The quantitative estimate of drug-likeness (QED) is 0.0356. The number of esters is 2. The Bertz CT molecular complexity index is 1670. The van der Waals surface area contributed by atoms with Crippen molar-refractivity contribution in [2.75, 3.05) is 0 Å². The molecule has 4 aromatic rings. The summed E-state index contributed by atoms with van der Waals surface area (Å²) in [6.45, 7) is 11.9. The molecule has 298 valence electrons. The molecule has 2 aromatic heterocycles. The van der Waals surface area contributed by atoms with E-state index >= 15 is 0 Å². The Kier molecular flexibility index (Phi) is 20.9. The molecule has 4 unspecified atom stereocenters. The van der Waals surface area contributed by atoms with Crippen molar-refractivity contribution in [2.24, 2.45) is 11.8 Å². The van der Waals surface area contributed by atoms with Crippen LogP contribution in [0.2, 0.25) is 0 Å². The number of benzene rings is 2. The van der Waals surface area contributed by atoms with E-state index < -0.39 is 0 Å². The van der Waals surface area contributed by atoms with Gasteiger partial charge in [0.25, 0.3) is 0 Å². The van der Waals surface area contributed by atoms with E-state index in [9.17, 15) is 9.59 Å². The van der Waals surface area contributed by atoms with E-state index in [4.69, 9.17) is 32.7 Å². The highest BCUT2D eigenvalue weighted by atomic mass is 35.5. The molecule has 0 bridgehead atoms. The lowest BCUT2D eigenvalue weighted by molar-refractivity contribution is -0.139. The number of hydrogen-bond donors (Lipinski definition) is 0. The van der Waals surface area contributed by atoms with Crippen molar-refractivity contribution in [3.63, 3.8) is 0 Å². The number of hydrogen-bond acceptors (Lipinski definition) is 8. The standard InChI is InChI=1S/C23H31ClN2O2.C22H29ClN2O2/c1-4-6-7-8-9-10-18-15-25-22(26-16-18)19-11-13-20(14-12-19)28-23(27)17(3)21(24)5-2;1-4-6-7-8-9-17-14-24-21(25-15-17)18-10-12-19(13-11-18)27-22(26)16(3)20(23)5-2/h11-17,21H,4-10H2,1-3H3;10-16,20H,4-9H2,1-3H3. The Labute approximate surface area is 339 Å². The second-order valence-electron chi connectivity index (χ2n) is 14.1. The highest BCUT2D eigenvalue weighted by Crippen LogP contribution is 2.24. The molecular formula is C45H60Cl2N4O4. The monoisotopic (exact) mass is 790 g/mol. The van der Waals surface area contributed by atoms with Gasteiger partial charge < -0.3 is 9.47 Å². The number of carbonyl (C=O) groups excluding carboxylic acids is 2. The molecule has 10 heteroatoms. The van der Waals surface area contributed by atoms with Crippen LogP contribution in [-0.2, 0) is 22.4 Å². The lowest BCUT2D eigenvalue weighted by Crippen LogP contribution is -2.25. The summed E-state index contributed by atoms with van der Waals surface area (Å²) < 4.78 is 10.8. The van der Waals surface area contributed by atoms with Gasteiger partial charge in [0.1, 0.15) is 11.5 Å². The van der Waals surface area contributed by atoms with Crippen molar-refractivity contribution in [1.29, 1.82) is 0 Å². The molecule has 2 heterocycles. The summed E-state index contributed by atoms with van der Waals surface area (Å²) in [5, 5.41) is -0.434. The van der Waals surface area contributed by atoms with Gasteiger partial charge in [0.05, 0.1) is 11.8 Å². The molecule has 4 rings (SSSR count). The summed E-state index contributed by atoms with van der Waals surface area (Å²) in [6, 6.07) is 14.5. The normalized spacial score (nSPS) is 13.2. The van der Waals surface area contributed by atoms with Crippen molar-refractivity contribution in [2.45, 2.75) is 136 Å². The minimum atomic E-state index is -0.343. The number of carbonyl (C=O) groups is 2. The number of halogens is 2. The molecule has 8 nitrogen and oxygen atoms in total. The van der Waals surface area contributed by atoms with Gasteiger partial charge in [-0.3, -0.25) is 9.59 Å². The number of unbranched alkanes of at least 4 members (excludes halogenated alkanes) is 7. The first-order valence-corrected chi connectivity index (χ1v) is 21.0. The zero-order chi connectivity index (χ0) is 40.0. The van der Waals surface area contributed by atoms with Crippen LogP contribution in [0.1, 0.15) is 123 Å². The van der Waals surface area contributed by atoms with E-state index in [-0.39, 0.29) is 34.5 Å². The molecular weight excluding hydrogens is 731 g/mol. The number of aromatic nitrogens is 4. The first kappa shape index (κ1) is 45.5. The lowest BCUT2D eigenvalue weighted by Gasteiger charge is -2.15. The molecule has 0 aliphatic carbocycles. The van der Waals surface area contributed by atoms with Crippen LogP contribution in [0.15, 0.2) is 73.3 Å². The van der Waals surface area contributed by atoms with Crippen LogP contribution in [-0.4, -0.2) is 42.6 Å². The molecule has 0 radical (unpaired) electrons. The van der Waals surface area contributed by atoms with Gasteiger partial charge in [-0.05, 0) is 98.2 Å². The Morgan fingerprint density at radius 2 is 0.855 bits per heavy atom. The molecule has 0 fully saturated rings. The zero-order valence-corrected chi connectivity index (χ0v) is 35.1. The Morgan fingerprint density at radius 3 is 1.18 bits per heavy atom. The Balaban J connectivity index is 0.000000296. The van der Waals surface area contributed by atoms with Crippen molar-refractivity contribution in [3.05, 3.63) is 84.4 Å². The van der Waals surface area contributed by atoms with Crippen molar-refractivity contribution in [1.82, 2.24) is 19.9 Å². The third-order valence-corrected chi connectivity index (χ3v) is 10.9. The molecule has 55 heavy (non-hydrogen) atoms. The SMILES string of the molecule is CCCCCCCc1cnc(-c2ccc(OC(=O)C(C)C(Cl)CC)cc2)nc1.CCCCCCc1cnc(-c2ccc(OC(=O)C(C)C(Cl)CC)cc2)nc1. The predicted molar refractivity (Wildman–Crippen MR) is 225 cm³/mol. The third-order valence-electron chi connectivity index (χ3n) is 9.57. The summed E-state index contributed by atoms with van der Waals surface area (Å²) in [4.78, 5) is 42.1. The Hall–Kier alpha value is -3.88. The summed E-state index contributed by atoms with van der Waals surface area (Å²) in [5.74, 6) is 1.04. The Morgan fingerprint density at radius 1 is 0.527 bits per heavy atom.